The van der Waals surface area contributed by atoms with Crippen molar-refractivity contribution in [3.63, 3.8) is 0 Å². The van der Waals surface area contributed by atoms with Crippen molar-refractivity contribution < 1.29 is 0 Å². The van der Waals surface area contributed by atoms with Crippen LogP contribution in [0.2, 0.25) is 0 Å². The van der Waals surface area contributed by atoms with E-state index < -0.39 is 0 Å². The van der Waals surface area contributed by atoms with Gasteiger partial charge in [0.15, 0.2) is 0 Å². The Morgan fingerprint density at radius 1 is 1.45 bits per heavy atom. The van der Waals surface area contributed by atoms with E-state index >= 15 is 0 Å². The Labute approximate surface area is 119 Å². The molecule has 0 amide bonds. The number of hydrogen-bond donors (Lipinski definition) is 2. The Kier molecular flexibility index (Phi) is 3.18. The number of para-hydroxylation sites is 1. The van der Waals surface area contributed by atoms with Crippen LogP contribution in [0.3, 0.4) is 0 Å². The second kappa shape index (κ2) is 4.87. The molecule has 20 heavy (non-hydrogen) atoms. The first-order valence-electron chi connectivity index (χ1n) is 7.08. The molecule has 104 valence electrons. The molecule has 0 spiro atoms. The second-order valence-electron chi connectivity index (χ2n) is 5.48. The van der Waals surface area contributed by atoms with Crippen LogP contribution < -0.4 is 5.73 Å². The maximum absolute atomic E-state index is 7.98. The summed E-state index contributed by atoms with van der Waals surface area (Å²) in [5, 5.41) is 9.00. The van der Waals surface area contributed by atoms with Gasteiger partial charge in [-0.05, 0) is 24.6 Å². The minimum absolute atomic E-state index is 0.150. The molecule has 0 bridgehead atoms. The minimum Gasteiger partial charge on any atom is -0.384 e. The zero-order valence-electron chi connectivity index (χ0n) is 12.0. The molecule has 1 aliphatic rings. The number of aromatic nitrogens is 1. The highest BCUT2D eigenvalue weighted by Crippen LogP contribution is 2.29. The van der Waals surface area contributed by atoms with Gasteiger partial charge in [-0.3, -0.25) is 10.4 Å². The van der Waals surface area contributed by atoms with E-state index in [9.17, 15) is 0 Å². The van der Waals surface area contributed by atoms with Crippen molar-refractivity contribution in [1.29, 1.82) is 5.41 Å². The lowest BCUT2D eigenvalue weighted by molar-refractivity contribution is 0.310. The average Bonchev–Trinajstić information content (AvgIpc) is 2.43. The maximum atomic E-state index is 7.98. The lowest BCUT2D eigenvalue weighted by Gasteiger charge is -2.27. The molecule has 4 heteroatoms. The molecule has 2 heterocycles. The van der Waals surface area contributed by atoms with Gasteiger partial charge in [0.25, 0.3) is 0 Å². The number of pyridine rings is 1. The molecule has 1 aliphatic heterocycles. The predicted molar refractivity (Wildman–Crippen MR) is 82.2 cm³/mol. The van der Waals surface area contributed by atoms with Gasteiger partial charge in [0.1, 0.15) is 5.84 Å². The number of nitrogens with zero attached hydrogens (tertiary/aromatic N) is 2. The number of amidine groups is 1. The van der Waals surface area contributed by atoms with E-state index in [1.54, 1.807) is 0 Å². The molecule has 1 aromatic carbocycles. The van der Waals surface area contributed by atoms with Crippen molar-refractivity contribution in [2.75, 3.05) is 13.6 Å². The van der Waals surface area contributed by atoms with Crippen molar-refractivity contribution in [2.45, 2.75) is 26.3 Å². The Morgan fingerprint density at radius 3 is 2.95 bits per heavy atom. The lowest BCUT2D eigenvalue weighted by atomic mass is 9.93. The van der Waals surface area contributed by atoms with Gasteiger partial charge < -0.3 is 10.6 Å². The molecule has 0 fully saturated rings. The average molecular weight is 268 g/mol. The summed E-state index contributed by atoms with van der Waals surface area (Å²) in [6.45, 7) is 3.97. The number of likely N-dealkylation sites (N-methyl/N-ethyl adjacent to an activating group) is 1. The predicted octanol–water partition coefficient (Wildman–Crippen LogP) is 2.07. The molecular formula is C16H20N4. The summed E-state index contributed by atoms with van der Waals surface area (Å²) in [6.07, 6.45) is 1.88. The van der Waals surface area contributed by atoms with Crippen molar-refractivity contribution >= 4 is 16.7 Å². The van der Waals surface area contributed by atoms with E-state index in [-0.39, 0.29) is 5.84 Å². The molecule has 0 unspecified atom stereocenters. The quantitative estimate of drug-likeness (QED) is 0.647. The first-order chi connectivity index (χ1) is 9.61. The fraction of sp³-hybridized carbons (Fsp3) is 0.375. The molecule has 2 aromatic rings. The van der Waals surface area contributed by atoms with Crippen LogP contribution in [0.15, 0.2) is 18.2 Å². The number of fused-ring (bicyclic) bond motifs is 2. The Hall–Kier alpha value is -1.94. The molecule has 4 nitrogen and oxygen atoms in total. The third-order valence-corrected chi connectivity index (χ3v) is 4.09. The van der Waals surface area contributed by atoms with E-state index in [0.29, 0.717) is 0 Å². The summed E-state index contributed by atoms with van der Waals surface area (Å²) in [5.74, 6) is 0.150. The third-order valence-electron chi connectivity index (χ3n) is 4.09. The zero-order chi connectivity index (χ0) is 14.3. The van der Waals surface area contributed by atoms with Crippen LogP contribution in [0.5, 0.6) is 0 Å². The SMILES string of the molecule is CCc1cccc2c(C(=N)N)c3c(nc12)CCN(C)C3. The van der Waals surface area contributed by atoms with Crippen molar-refractivity contribution in [2.24, 2.45) is 5.73 Å². The molecule has 0 atom stereocenters. The lowest BCUT2D eigenvalue weighted by Crippen LogP contribution is -2.30. The number of rotatable bonds is 2. The highest BCUT2D eigenvalue weighted by Gasteiger charge is 2.22. The molecule has 3 rings (SSSR count). The van der Waals surface area contributed by atoms with Gasteiger partial charge in [0.05, 0.1) is 5.52 Å². The van der Waals surface area contributed by atoms with Crippen LogP contribution in [-0.4, -0.2) is 29.3 Å². The summed E-state index contributed by atoms with van der Waals surface area (Å²) in [7, 11) is 2.10. The summed E-state index contributed by atoms with van der Waals surface area (Å²) in [6, 6.07) is 6.18. The minimum atomic E-state index is 0.150. The summed E-state index contributed by atoms with van der Waals surface area (Å²) >= 11 is 0. The van der Waals surface area contributed by atoms with Gasteiger partial charge in [-0.25, -0.2) is 0 Å². The Morgan fingerprint density at radius 2 is 2.25 bits per heavy atom. The van der Waals surface area contributed by atoms with Gasteiger partial charge in [0, 0.05) is 36.2 Å². The largest absolute Gasteiger partial charge is 0.384 e. The molecule has 0 saturated carbocycles. The monoisotopic (exact) mass is 268 g/mol. The number of aryl methyl sites for hydroxylation is 1. The molecule has 1 aromatic heterocycles. The maximum Gasteiger partial charge on any atom is 0.123 e. The second-order valence-corrected chi connectivity index (χ2v) is 5.48. The van der Waals surface area contributed by atoms with Gasteiger partial charge >= 0.3 is 0 Å². The number of nitrogen functional groups attached to an aromatic ring is 1. The number of benzene rings is 1. The highest BCUT2D eigenvalue weighted by molar-refractivity contribution is 6.08. The van der Waals surface area contributed by atoms with Crippen molar-refractivity contribution in [3.05, 3.63) is 40.6 Å². The van der Waals surface area contributed by atoms with Crippen LogP contribution in [0, 0.1) is 5.41 Å². The van der Waals surface area contributed by atoms with Crippen LogP contribution in [0.4, 0.5) is 0 Å². The smallest absolute Gasteiger partial charge is 0.123 e. The van der Waals surface area contributed by atoms with Gasteiger partial charge in [-0.2, -0.15) is 0 Å². The normalized spacial score (nSPS) is 15.3. The molecule has 0 aliphatic carbocycles. The van der Waals surface area contributed by atoms with Crippen LogP contribution >= 0.6 is 0 Å². The van der Waals surface area contributed by atoms with E-state index in [0.717, 1.165) is 53.7 Å². The molecule has 0 saturated heterocycles. The van der Waals surface area contributed by atoms with E-state index in [1.807, 2.05) is 12.1 Å². The summed E-state index contributed by atoms with van der Waals surface area (Å²) in [5.41, 5.74) is 11.2. The fourth-order valence-corrected chi connectivity index (χ4v) is 3.05. The fourth-order valence-electron chi connectivity index (χ4n) is 3.05. The van der Waals surface area contributed by atoms with Gasteiger partial charge in [0.2, 0.25) is 0 Å². The van der Waals surface area contributed by atoms with Gasteiger partial charge in [-0.15, -0.1) is 0 Å². The summed E-state index contributed by atoms with van der Waals surface area (Å²) in [4.78, 5) is 7.14. The topological polar surface area (TPSA) is 66.0 Å². The van der Waals surface area contributed by atoms with Crippen molar-refractivity contribution in [1.82, 2.24) is 9.88 Å². The third kappa shape index (κ3) is 1.96. The Balaban J connectivity index is 2.38. The first kappa shape index (κ1) is 13.1. The number of nitrogens with two attached hydrogens (primary N) is 1. The highest BCUT2D eigenvalue weighted by atomic mass is 15.1. The summed E-state index contributed by atoms with van der Waals surface area (Å²) < 4.78 is 0. The van der Waals surface area contributed by atoms with Crippen LogP contribution in [0.25, 0.3) is 10.9 Å². The standard InChI is InChI=1S/C16H20N4/c1-3-10-5-4-6-11-14(16(17)18)12-9-20(2)8-7-13(12)19-15(10)11/h4-6H,3,7-9H2,1-2H3,(H3,17,18). The van der Waals surface area contributed by atoms with E-state index in [4.69, 9.17) is 16.1 Å². The van der Waals surface area contributed by atoms with Crippen LogP contribution in [-0.2, 0) is 19.4 Å². The molecule has 3 N–H and O–H groups in total. The first-order valence-corrected chi connectivity index (χ1v) is 7.08. The van der Waals surface area contributed by atoms with Crippen molar-refractivity contribution in [3.8, 4) is 0 Å². The van der Waals surface area contributed by atoms with E-state index in [1.165, 1.54) is 5.56 Å². The van der Waals surface area contributed by atoms with Gasteiger partial charge in [-0.1, -0.05) is 25.1 Å². The Bertz CT molecular complexity index is 690. The van der Waals surface area contributed by atoms with E-state index in [2.05, 4.69) is 24.9 Å². The van der Waals surface area contributed by atoms with Crippen LogP contribution in [0.1, 0.15) is 29.3 Å². The molecule has 0 radical (unpaired) electrons. The number of nitrogens with one attached hydrogen (secondary N) is 1. The zero-order valence-corrected chi connectivity index (χ0v) is 12.0. The number of hydrogen-bond acceptors (Lipinski definition) is 3. The molecular weight excluding hydrogens is 248 g/mol.